The Morgan fingerprint density at radius 3 is 2.37 bits per heavy atom. The lowest BCUT2D eigenvalue weighted by molar-refractivity contribution is -0.143. The van der Waals surface area contributed by atoms with Gasteiger partial charge in [-0.3, -0.25) is 4.79 Å². The van der Waals surface area contributed by atoms with Gasteiger partial charge in [-0.05, 0) is 80.7 Å². The molecule has 5 aliphatic rings. The third-order valence-electron chi connectivity index (χ3n) is 11.4. The number of para-hydroxylation sites is 1. The molecule has 0 radical (unpaired) electrons. The Balaban J connectivity index is 0.991. The molecule has 276 valence electrons. The van der Waals surface area contributed by atoms with E-state index in [4.69, 9.17) is 14.2 Å². The van der Waals surface area contributed by atoms with Gasteiger partial charge in [0.25, 0.3) is 5.91 Å². The summed E-state index contributed by atoms with van der Waals surface area (Å²) in [5.74, 6) is 1.12. The minimum absolute atomic E-state index is 0.000109. The van der Waals surface area contributed by atoms with E-state index in [0.717, 1.165) is 41.6 Å². The number of fused-ring (bicyclic) bond motifs is 2. The summed E-state index contributed by atoms with van der Waals surface area (Å²) in [6.07, 6.45) is 3.33. The van der Waals surface area contributed by atoms with Crippen LogP contribution in [-0.4, -0.2) is 137 Å². The standard InChI is InChI=1S/C38H51N5O8/c1-26-22-27(23-32-34(26)50-21-20-49-32)24-33(35(45)41-13-7-29(8-14-41)40-18-11-38(48,25-44)12-19-40)51-37(47)42-15-9-30(10-16-42)43-17-6-28-4-2-3-5-31(28)39-36(43)46/h2-5,22-23,29-30,33,44,48H,6-21,24-25H2,1H3,(H,39,46)/t33-/m1/s1. The van der Waals surface area contributed by atoms with Gasteiger partial charge >= 0.3 is 12.1 Å². The van der Waals surface area contributed by atoms with Crippen molar-refractivity contribution in [2.75, 3.05) is 71.0 Å². The first-order valence-corrected chi connectivity index (χ1v) is 18.6. The quantitative estimate of drug-likeness (QED) is 0.396. The van der Waals surface area contributed by atoms with Gasteiger partial charge in [-0.15, -0.1) is 0 Å². The largest absolute Gasteiger partial charge is 0.486 e. The zero-order valence-corrected chi connectivity index (χ0v) is 29.6. The summed E-state index contributed by atoms with van der Waals surface area (Å²) in [6.45, 7) is 6.64. The number of aliphatic hydroxyl groups is 2. The van der Waals surface area contributed by atoms with Crippen LogP contribution in [0.25, 0.3) is 0 Å². The summed E-state index contributed by atoms with van der Waals surface area (Å²) in [5.41, 5.74) is 2.69. The number of aryl methyl sites for hydroxylation is 1. The van der Waals surface area contributed by atoms with Crippen molar-refractivity contribution in [2.24, 2.45) is 0 Å². The summed E-state index contributed by atoms with van der Waals surface area (Å²) < 4.78 is 17.8. The van der Waals surface area contributed by atoms with Gasteiger partial charge in [0, 0.05) is 70.0 Å². The summed E-state index contributed by atoms with van der Waals surface area (Å²) in [6, 6.07) is 11.9. The normalized spacial score (nSPS) is 22.1. The predicted octanol–water partition coefficient (Wildman–Crippen LogP) is 3.18. The number of carbonyl (C=O) groups excluding carboxylic acids is 3. The number of urea groups is 1. The van der Waals surface area contributed by atoms with Crippen LogP contribution in [0.5, 0.6) is 11.5 Å². The monoisotopic (exact) mass is 705 g/mol. The highest BCUT2D eigenvalue weighted by molar-refractivity contribution is 5.91. The molecule has 0 aromatic heterocycles. The van der Waals surface area contributed by atoms with Crippen LogP contribution in [0.4, 0.5) is 15.3 Å². The number of ether oxygens (including phenoxy) is 3. The smallest absolute Gasteiger partial charge is 0.410 e. The van der Waals surface area contributed by atoms with E-state index in [1.54, 1.807) is 4.90 Å². The molecule has 5 heterocycles. The number of aliphatic hydroxyl groups excluding tert-OH is 1. The number of nitrogens with zero attached hydrogens (tertiary/aromatic N) is 4. The highest BCUT2D eigenvalue weighted by atomic mass is 16.6. The molecule has 0 unspecified atom stereocenters. The van der Waals surface area contributed by atoms with E-state index >= 15 is 0 Å². The number of hydrogen-bond donors (Lipinski definition) is 3. The molecule has 0 aliphatic carbocycles. The molecule has 3 N–H and O–H groups in total. The van der Waals surface area contributed by atoms with Crippen molar-refractivity contribution < 1.29 is 38.8 Å². The molecule has 3 fully saturated rings. The van der Waals surface area contributed by atoms with Gasteiger partial charge in [0.2, 0.25) is 0 Å². The third-order valence-corrected chi connectivity index (χ3v) is 11.4. The van der Waals surface area contributed by atoms with E-state index in [1.165, 1.54) is 0 Å². The number of hydrogen-bond acceptors (Lipinski definition) is 9. The predicted molar refractivity (Wildman–Crippen MR) is 189 cm³/mol. The van der Waals surface area contributed by atoms with Gasteiger partial charge in [0.05, 0.1) is 12.2 Å². The van der Waals surface area contributed by atoms with E-state index in [9.17, 15) is 24.6 Å². The Labute approximate surface area is 299 Å². The zero-order valence-electron chi connectivity index (χ0n) is 29.6. The van der Waals surface area contributed by atoms with Crippen molar-refractivity contribution in [2.45, 2.75) is 82.1 Å². The summed E-state index contributed by atoms with van der Waals surface area (Å²) in [7, 11) is 0. The molecule has 5 aliphatic heterocycles. The van der Waals surface area contributed by atoms with Crippen molar-refractivity contribution in [3.05, 3.63) is 53.1 Å². The Bertz CT molecular complexity index is 1580. The lowest BCUT2D eigenvalue weighted by Crippen LogP contribution is -2.54. The maximum absolute atomic E-state index is 14.2. The Kier molecular flexibility index (Phi) is 10.6. The van der Waals surface area contributed by atoms with Crippen LogP contribution in [-0.2, 0) is 22.4 Å². The SMILES string of the molecule is Cc1cc(C[C@@H](OC(=O)N2CCC(N3CCc4ccccc4NC3=O)CC2)C(=O)N2CCC(N3CCC(O)(CO)CC3)CC2)cc2c1OCCO2. The molecule has 1 atom stereocenters. The molecule has 0 bridgehead atoms. The molecule has 0 spiro atoms. The fourth-order valence-corrected chi connectivity index (χ4v) is 8.33. The van der Waals surface area contributed by atoms with E-state index in [0.29, 0.717) is 102 Å². The number of carbonyl (C=O) groups is 3. The minimum atomic E-state index is -1.02. The summed E-state index contributed by atoms with van der Waals surface area (Å²) >= 11 is 0. The molecular weight excluding hydrogens is 654 g/mol. The van der Waals surface area contributed by atoms with E-state index in [-0.39, 0.29) is 31.0 Å². The fraction of sp³-hybridized carbons (Fsp3) is 0.605. The van der Waals surface area contributed by atoms with Crippen molar-refractivity contribution in [3.8, 4) is 11.5 Å². The molecule has 2 aromatic rings. The number of nitrogens with one attached hydrogen (secondary N) is 1. The maximum atomic E-state index is 14.2. The second kappa shape index (κ2) is 15.3. The fourth-order valence-electron chi connectivity index (χ4n) is 8.33. The van der Waals surface area contributed by atoms with Crippen LogP contribution < -0.4 is 14.8 Å². The molecule has 4 amide bonds. The first kappa shape index (κ1) is 35.3. The van der Waals surface area contributed by atoms with Gasteiger partial charge in [-0.25, -0.2) is 9.59 Å². The number of likely N-dealkylation sites (tertiary alicyclic amines) is 3. The summed E-state index contributed by atoms with van der Waals surface area (Å²) in [4.78, 5) is 48.7. The average molecular weight is 706 g/mol. The van der Waals surface area contributed by atoms with Crippen LogP contribution in [0.3, 0.4) is 0 Å². The summed E-state index contributed by atoms with van der Waals surface area (Å²) in [5, 5.41) is 23.1. The van der Waals surface area contributed by atoms with Crippen LogP contribution in [0, 0.1) is 6.92 Å². The number of piperidine rings is 3. The molecule has 2 aromatic carbocycles. The third kappa shape index (κ3) is 7.90. The van der Waals surface area contributed by atoms with Crippen molar-refractivity contribution in [1.29, 1.82) is 0 Å². The highest BCUT2D eigenvalue weighted by Gasteiger charge is 2.38. The van der Waals surface area contributed by atoms with E-state index < -0.39 is 17.8 Å². The molecule has 0 saturated carbocycles. The van der Waals surface area contributed by atoms with Crippen molar-refractivity contribution in [1.82, 2.24) is 19.6 Å². The van der Waals surface area contributed by atoms with Gasteiger partial charge in [-0.1, -0.05) is 24.3 Å². The molecule has 13 nitrogen and oxygen atoms in total. The van der Waals surface area contributed by atoms with Gasteiger partial charge in [0.15, 0.2) is 17.6 Å². The first-order chi connectivity index (χ1) is 24.7. The van der Waals surface area contributed by atoms with Gasteiger partial charge in [0.1, 0.15) is 13.2 Å². The second-order valence-electron chi connectivity index (χ2n) is 14.7. The van der Waals surface area contributed by atoms with Crippen LogP contribution in [0.1, 0.15) is 55.2 Å². The Morgan fingerprint density at radius 1 is 0.941 bits per heavy atom. The Morgan fingerprint density at radius 2 is 1.63 bits per heavy atom. The lowest BCUT2D eigenvalue weighted by atomic mass is 9.90. The van der Waals surface area contributed by atoms with Gasteiger partial charge < -0.3 is 49.3 Å². The maximum Gasteiger partial charge on any atom is 0.410 e. The molecule has 3 saturated heterocycles. The van der Waals surface area contributed by atoms with Crippen LogP contribution in [0.2, 0.25) is 0 Å². The minimum Gasteiger partial charge on any atom is -0.486 e. The van der Waals surface area contributed by atoms with Crippen molar-refractivity contribution >= 4 is 23.7 Å². The van der Waals surface area contributed by atoms with Crippen LogP contribution >= 0.6 is 0 Å². The van der Waals surface area contributed by atoms with Crippen molar-refractivity contribution in [3.63, 3.8) is 0 Å². The van der Waals surface area contributed by atoms with Crippen LogP contribution in [0.15, 0.2) is 36.4 Å². The molecule has 7 rings (SSSR count). The second-order valence-corrected chi connectivity index (χ2v) is 14.7. The van der Waals surface area contributed by atoms with Gasteiger partial charge in [-0.2, -0.15) is 0 Å². The topological polar surface area (TPSA) is 144 Å². The number of benzene rings is 2. The molecule has 51 heavy (non-hydrogen) atoms. The Hall–Kier alpha value is -4.07. The lowest BCUT2D eigenvalue weighted by Gasteiger charge is -2.44. The van der Waals surface area contributed by atoms with E-state index in [2.05, 4.69) is 10.2 Å². The first-order valence-electron chi connectivity index (χ1n) is 18.6. The van der Waals surface area contributed by atoms with E-state index in [1.807, 2.05) is 53.1 Å². The number of rotatable bonds is 7. The average Bonchev–Trinajstić information content (AvgIpc) is 3.32. The molecular formula is C38H51N5O8. The number of amides is 4. The number of anilines is 1. The molecule has 13 heteroatoms. The highest BCUT2D eigenvalue weighted by Crippen LogP contribution is 2.36. The zero-order chi connectivity index (χ0) is 35.5.